The number of fused-ring (bicyclic) bond motifs is 1. The van der Waals surface area contributed by atoms with Gasteiger partial charge < -0.3 is 20.1 Å². The number of thiophene rings is 1. The van der Waals surface area contributed by atoms with E-state index in [1.165, 1.54) is 17.7 Å². The minimum absolute atomic E-state index is 0.206. The number of urea groups is 1. The van der Waals surface area contributed by atoms with E-state index in [0.717, 1.165) is 13.1 Å². The van der Waals surface area contributed by atoms with E-state index in [1.807, 2.05) is 12.1 Å². The molecule has 1 fully saturated rings. The molecule has 2 aromatic rings. The summed E-state index contributed by atoms with van der Waals surface area (Å²) >= 11 is 1.75. The largest absolute Gasteiger partial charge is 0.486 e. The number of benzene rings is 1. The number of carbonyl (C=O) groups excluding carboxylic acids is 1. The van der Waals surface area contributed by atoms with Crippen LogP contribution in [-0.2, 0) is 0 Å². The Morgan fingerprint density at radius 1 is 1.15 bits per heavy atom. The van der Waals surface area contributed by atoms with Gasteiger partial charge in [-0.05, 0) is 49.5 Å². The third-order valence-corrected chi connectivity index (χ3v) is 5.68. The van der Waals surface area contributed by atoms with Crippen LogP contribution in [0.1, 0.15) is 23.8 Å². The van der Waals surface area contributed by atoms with Gasteiger partial charge in [0.05, 0.1) is 6.04 Å². The highest BCUT2D eigenvalue weighted by atomic mass is 32.1. The van der Waals surface area contributed by atoms with E-state index in [2.05, 4.69) is 33.0 Å². The summed E-state index contributed by atoms with van der Waals surface area (Å²) in [5.41, 5.74) is 0.695. The van der Waals surface area contributed by atoms with Gasteiger partial charge >= 0.3 is 6.03 Å². The van der Waals surface area contributed by atoms with Gasteiger partial charge in [-0.15, -0.1) is 11.3 Å². The van der Waals surface area contributed by atoms with Crippen LogP contribution in [-0.4, -0.2) is 43.8 Å². The van der Waals surface area contributed by atoms with Gasteiger partial charge in [0.2, 0.25) is 0 Å². The Balaban J connectivity index is 1.36. The first-order valence-electron chi connectivity index (χ1n) is 9.01. The van der Waals surface area contributed by atoms with Gasteiger partial charge in [-0.3, -0.25) is 4.90 Å². The van der Waals surface area contributed by atoms with Crippen molar-refractivity contribution in [1.29, 1.82) is 0 Å². The van der Waals surface area contributed by atoms with Crippen LogP contribution in [0.25, 0.3) is 0 Å². The van der Waals surface area contributed by atoms with Crippen LogP contribution >= 0.6 is 11.3 Å². The lowest BCUT2D eigenvalue weighted by atomic mass is 10.2. The van der Waals surface area contributed by atoms with Gasteiger partial charge in [0.25, 0.3) is 0 Å². The summed E-state index contributed by atoms with van der Waals surface area (Å²) in [6, 6.07) is 9.69. The number of hydrogen-bond donors (Lipinski definition) is 2. The zero-order valence-electron chi connectivity index (χ0n) is 14.6. The molecule has 26 heavy (non-hydrogen) atoms. The summed E-state index contributed by atoms with van der Waals surface area (Å²) in [4.78, 5) is 16.1. The molecule has 0 bridgehead atoms. The van der Waals surface area contributed by atoms with Crippen molar-refractivity contribution in [3.63, 3.8) is 0 Å². The predicted molar refractivity (Wildman–Crippen MR) is 102 cm³/mol. The SMILES string of the molecule is O=C(NCC(c1cccs1)N1CCCC1)Nc1ccc2c(c1)OCCO2. The van der Waals surface area contributed by atoms with Gasteiger partial charge in [-0.25, -0.2) is 4.79 Å². The summed E-state index contributed by atoms with van der Waals surface area (Å²) in [5, 5.41) is 7.99. The average Bonchev–Trinajstić information content (AvgIpc) is 3.36. The van der Waals surface area contributed by atoms with E-state index < -0.39 is 0 Å². The van der Waals surface area contributed by atoms with Gasteiger partial charge in [0.1, 0.15) is 13.2 Å². The van der Waals surface area contributed by atoms with Crippen LogP contribution in [0.3, 0.4) is 0 Å². The molecular formula is C19H23N3O3S. The number of anilines is 1. The second-order valence-electron chi connectivity index (χ2n) is 6.47. The fraction of sp³-hybridized carbons (Fsp3) is 0.421. The van der Waals surface area contributed by atoms with E-state index in [0.29, 0.717) is 36.9 Å². The third-order valence-electron chi connectivity index (χ3n) is 4.71. The molecule has 1 atom stereocenters. The second kappa shape index (κ2) is 7.97. The lowest BCUT2D eigenvalue weighted by Crippen LogP contribution is -2.38. The van der Waals surface area contributed by atoms with E-state index in [1.54, 1.807) is 17.4 Å². The number of nitrogens with zero attached hydrogens (tertiary/aromatic N) is 1. The highest BCUT2D eigenvalue weighted by Crippen LogP contribution is 2.32. The highest BCUT2D eigenvalue weighted by molar-refractivity contribution is 7.10. The lowest BCUT2D eigenvalue weighted by molar-refractivity contribution is 0.171. The van der Waals surface area contributed by atoms with Gasteiger partial charge in [-0.1, -0.05) is 6.07 Å². The molecule has 0 radical (unpaired) electrons. The Labute approximate surface area is 157 Å². The molecule has 3 heterocycles. The quantitative estimate of drug-likeness (QED) is 0.842. The normalized spacial score (nSPS) is 17.7. The minimum atomic E-state index is -0.206. The maximum atomic E-state index is 12.4. The molecule has 1 saturated heterocycles. The van der Waals surface area contributed by atoms with Crippen molar-refractivity contribution in [2.45, 2.75) is 18.9 Å². The number of likely N-dealkylation sites (tertiary alicyclic amines) is 1. The van der Waals surface area contributed by atoms with Crippen LogP contribution in [0.2, 0.25) is 0 Å². The van der Waals surface area contributed by atoms with Crippen molar-refractivity contribution < 1.29 is 14.3 Å². The molecule has 2 N–H and O–H groups in total. The second-order valence-corrected chi connectivity index (χ2v) is 7.45. The molecule has 7 heteroatoms. The van der Waals surface area contributed by atoms with Crippen molar-refractivity contribution >= 4 is 23.1 Å². The molecule has 2 aliphatic heterocycles. The van der Waals surface area contributed by atoms with Crippen LogP contribution in [0, 0.1) is 0 Å². The molecule has 1 aromatic carbocycles. The fourth-order valence-corrected chi connectivity index (χ4v) is 4.29. The average molecular weight is 373 g/mol. The van der Waals surface area contributed by atoms with Crippen LogP contribution < -0.4 is 20.1 Å². The fourth-order valence-electron chi connectivity index (χ4n) is 3.43. The maximum Gasteiger partial charge on any atom is 0.319 e. The minimum Gasteiger partial charge on any atom is -0.486 e. The molecule has 2 aliphatic rings. The molecule has 0 saturated carbocycles. The summed E-state index contributed by atoms with van der Waals surface area (Å²) in [6.07, 6.45) is 2.45. The smallest absolute Gasteiger partial charge is 0.319 e. The van der Waals surface area contributed by atoms with Crippen molar-refractivity contribution in [1.82, 2.24) is 10.2 Å². The van der Waals surface area contributed by atoms with Crippen molar-refractivity contribution in [3.05, 3.63) is 40.6 Å². The highest BCUT2D eigenvalue weighted by Gasteiger charge is 2.24. The zero-order valence-corrected chi connectivity index (χ0v) is 15.4. The van der Waals surface area contributed by atoms with Crippen molar-refractivity contribution in [2.24, 2.45) is 0 Å². The Kier molecular flexibility index (Phi) is 5.26. The van der Waals surface area contributed by atoms with E-state index in [-0.39, 0.29) is 12.1 Å². The first-order chi connectivity index (χ1) is 12.8. The van der Waals surface area contributed by atoms with E-state index in [4.69, 9.17) is 9.47 Å². The summed E-state index contributed by atoms with van der Waals surface area (Å²) in [5.74, 6) is 1.39. The van der Waals surface area contributed by atoms with E-state index >= 15 is 0 Å². The zero-order chi connectivity index (χ0) is 17.8. The number of hydrogen-bond acceptors (Lipinski definition) is 5. The predicted octanol–water partition coefficient (Wildman–Crippen LogP) is 3.48. The molecule has 2 amide bonds. The molecular weight excluding hydrogens is 350 g/mol. The van der Waals surface area contributed by atoms with Gasteiger partial charge in [-0.2, -0.15) is 0 Å². The van der Waals surface area contributed by atoms with E-state index in [9.17, 15) is 4.79 Å². The van der Waals surface area contributed by atoms with Gasteiger partial charge in [0.15, 0.2) is 11.5 Å². The number of carbonyl (C=O) groups is 1. The first-order valence-corrected chi connectivity index (χ1v) is 9.89. The van der Waals surface area contributed by atoms with Crippen molar-refractivity contribution in [2.75, 3.05) is 38.2 Å². The molecule has 1 aromatic heterocycles. The number of nitrogens with one attached hydrogen (secondary N) is 2. The number of rotatable bonds is 5. The van der Waals surface area contributed by atoms with Crippen LogP contribution in [0.4, 0.5) is 10.5 Å². The first kappa shape index (κ1) is 17.2. The Morgan fingerprint density at radius 2 is 1.96 bits per heavy atom. The Hall–Kier alpha value is -2.25. The molecule has 0 spiro atoms. The molecule has 138 valence electrons. The Bertz CT molecular complexity index is 744. The standard InChI is InChI=1S/C19H23N3O3S/c23-19(21-14-5-6-16-17(12-14)25-10-9-24-16)20-13-15(18-4-3-11-26-18)22-7-1-2-8-22/h3-6,11-12,15H,1-2,7-10,13H2,(H2,20,21,23). The topological polar surface area (TPSA) is 62.8 Å². The molecule has 0 aliphatic carbocycles. The monoisotopic (exact) mass is 373 g/mol. The molecule has 1 unspecified atom stereocenters. The maximum absolute atomic E-state index is 12.4. The molecule has 6 nitrogen and oxygen atoms in total. The summed E-state index contributed by atoms with van der Waals surface area (Å²) in [7, 11) is 0. The molecule has 4 rings (SSSR count). The third kappa shape index (κ3) is 3.94. The Morgan fingerprint density at radius 3 is 2.73 bits per heavy atom. The number of ether oxygens (including phenoxy) is 2. The van der Waals surface area contributed by atoms with Crippen LogP contribution in [0.15, 0.2) is 35.7 Å². The van der Waals surface area contributed by atoms with Crippen molar-refractivity contribution in [3.8, 4) is 11.5 Å². The van der Waals surface area contributed by atoms with Gasteiger partial charge in [0, 0.05) is 23.2 Å². The number of amides is 2. The lowest BCUT2D eigenvalue weighted by Gasteiger charge is -2.27. The van der Waals surface area contributed by atoms with Crippen LogP contribution in [0.5, 0.6) is 11.5 Å². The summed E-state index contributed by atoms with van der Waals surface area (Å²) in [6.45, 7) is 3.86. The summed E-state index contributed by atoms with van der Waals surface area (Å²) < 4.78 is 11.1.